The molecule has 0 amide bonds. The van der Waals surface area contributed by atoms with Gasteiger partial charge < -0.3 is 14.9 Å². The summed E-state index contributed by atoms with van der Waals surface area (Å²) in [5, 5.41) is 7.83. The molecule has 1 aliphatic carbocycles. The number of hydrogen-bond donors (Lipinski definition) is 1. The number of nitrogens with zero attached hydrogens (tertiary/aromatic N) is 2. The summed E-state index contributed by atoms with van der Waals surface area (Å²) in [5.74, 6) is 1.97. The number of hydrogen-bond acceptors (Lipinski definition) is 5. The van der Waals surface area contributed by atoms with Crippen molar-refractivity contribution in [2.75, 3.05) is 0 Å². The molecule has 1 aromatic heterocycles. The molecule has 5 nitrogen and oxygen atoms in total. The van der Waals surface area contributed by atoms with Crippen LogP contribution in [0.4, 0.5) is 0 Å². The molecule has 0 spiro atoms. The van der Waals surface area contributed by atoms with Crippen molar-refractivity contribution in [3.63, 3.8) is 0 Å². The lowest BCUT2D eigenvalue weighted by atomic mass is 10.1. The molecule has 5 heteroatoms. The van der Waals surface area contributed by atoms with Crippen LogP contribution in [0.2, 0.25) is 0 Å². The first-order valence-electron chi connectivity index (χ1n) is 6.58. The molecule has 100 valence electrons. The van der Waals surface area contributed by atoms with Gasteiger partial charge in [0.05, 0.1) is 0 Å². The lowest BCUT2D eigenvalue weighted by molar-refractivity contribution is 0.259. The topological polar surface area (TPSA) is 74.2 Å². The van der Waals surface area contributed by atoms with Gasteiger partial charge in [-0.25, -0.2) is 0 Å². The largest absolute Gasteiger partial charge is 0.484 e. The van der Waals surface area contributed by atoms with Crippen LogP contribution in [-0.4, -0.2) is 10.2 Å². The normalized spacial score (nSPS) is 17.5. The first kappa shape index (κ1) is 12.2. The molecule has 0 saturated carbocycles. The van der Waals surface area contributed by atoms with Crippen LogP contribution in [0.15, 0.2) is 22.6 Å². The number of ether oxygens (including phenoxy) is 1. The summed E-state index contributed by atoms with van der Waals surface area (Å²) >= 11 is 0. The van der Waals surface area contributed by atoms with Crippen LogP contribution in [0.5, 0.6) is 5.75 Å². The molecular formula is C14H17N3O2. The van der Waals surface area contributed by atoms with Gasteiger partial charge in [0.25, 0.3) is 5.89 Å². The molecule has 1 aromatic carbocycles. The van der Waals surface area contributed by atoms with E-state index in [1.54, 1.807) is 0 Å². The van der Waals surface area contributed by atoms with Crippen LogP contribution < -0.4 is 10.5 Å². The second-order valence-corrected chi connectivity index (χ2v) is 4.74. The van der Waals surface area contributed by atoms with Crippen LogP contribution in [0.3, 0.4) is 0 Å². The summed E-state index contributed by atoms with van der Waals surface area (Å²) in [6.45, 7) is 2.28. The Balaban J connectivity index is 1.67. The summed E-state index contributed by atoms with van der Waals surface area (Å²) in [5.41, 5.74) is 8.52. The number of nitrogens with two attached hydrogens (primary N) is 1. The molecule has 0 aliphatic heterocycles. The third kappa shape index (κ3) is 2.46. The van der Waals surface area contributed by atoms with Crippen molar-refractivity contribution in [2.24, 2.45) is 5.73 Å². The Morgan fingerprint density at radius 1 is 1.37 bits per heavy atom. The van der Waals surface area contributed by atoms with E-state index < -0.39 is 0 Å². The van der Waals surface area contributed by atoms with Gasteiger partial charge >= 0.3 is 0 Å². The van der Waals surface area contributed by atoms with Crippen molar-refractivity contribution in [1.29, 1.82) is 0 Å². The highest BCUT2D eigenvalue weighted by molar-refractivity contribution is 5.40. The molecule has 0 bridgehead atoms. The average Bonchev–Trinajstić information content (AvgIpc) is 3.03. The molecule has 0 radical (unpaired) electrons. The van der Waals surface area contributed by atoms with Gasteiger partial charge in [0.2, 0.25) is 5.89 Å². The van der Waals surface area contributed by atoms with E-state index in [2.05, 4.69) is 16.3 Å². The maximum Gasteiger partial charge on any atom is 0.253 e. The van der Waals surface area contributed by atoms with Crippen LogP contribution in [0.1, 0.15) is 42.3 Å². The minimum absolute atomic E-state index is 0.173. The second kappa shape index (κ2) is 5.01. The maximum atomic E-state index is 6.01. The van der Waals surface area contributed by atoms with E-state index >= 15 is 0 Å². The Morgan fingerprint density at radius 2 is 2.21 bits per heavy atom. The Kier molecular flexibility index (Phi) is 3.21. The first-order chi connectivity index (χ1) is 9.26. The Labute approximate surface area is 111 Å². The molecule has 1 heterocycles. The summed E-state index contributed by atoms with van der Waals surface area (Å²) in [4.78, 5) is 0. The second-order valence-electron chi connectivity index (χ2n) is 4.74. The predicted molar refractivity (Wildman–Crippen MR) is 69.7 cm³/mol. The number of fused-ring (bicyclic) bond motifs is 1. The zero-order valence-corrected chi connectivity index (χ0v) is 10.9. The maximum absolute atomic E-state index is 6.01. The average molecular weight is 259 g/mol. The predicted octanol–water partition coefficient (Wildman–Crippen LogP) is 2.16. The molecule has 1 atom stereocenters. The van der Waals surface area contributed by atoms with Gasteiger partial charge in [-0.05, 0) is 36.1 Å². The quantitative estimate of drug-likeness (QED) is 0.910. The van der Waals surface area contributed by atoms with E-state index in [9.17, 15) is 0 Å². The molecule has 19 heavy (non-hydrogen) atoms. The Bertz CT molecular complexity index is 580. The number of aryl methyl sites for hydroxylation is 2. The lowest BCUT2D eigenvalue weighted by Gasteiger charge is -2.07. The minimum atomic E-state index is 0.173. The van der Waals surface area contributed by atoms with Crippen molar-refractivity contribution < 1.29 is 9.15 Å². The number of rotatable bonds is 4. The van der Waals surface area contributed by atoms with Crippen molar-refractivity contribution in [3.8, 4) is 5.75 Å². The van der Waals surface area contributed by atoms with Crippen molar-refractivity contribution in [3.05, 3.63) is 41.1 Å². The Morgan fingerprint density at radius 3 is 3.00 bits per heavy atom. The third-order valence-corrected chi connectivity index (χ3v) is 3.41. The molecule has 2 N–H and O–H groups in total. The summed E-state index contributed by atoms with van der Waals surface area (Å²) in [6.07, 6.45) is 2.78. The molecule has 0 fully saturated rings. The molecule has 3 rings (SSSR count). The lowest BCUT2D eigenvalue weighted by Crippen LogP contribution is -2.05. The van der Waals surface area contributed by atoms with Gasteiger partial charge in [-0.15, -0.1) is 10.2 Å². The van der Waals surface area contributed by atoms with Gasteiger partial charge in [0.15, 0.2) is 6.61 Å². The highest BCUT2D eigenvalue weighted by atomic mass is 16.5. The number of aromatic nitrogens is 2. The summed E-state index contributed by atoms with van der Waals surface area (Å²) < 4.78 is 11.1. The van der Waals surface area contributed by atoms with Crippen LogP contribution >= 0.6 is 0 Å². The third-order valence-electron chi connectivity index (χ3n) is 3.41. The molecule has 0 unspecified atom stereocenters. The molecule has 0 saturated heterocycles. The van der Waals surface area contributed by atoms with Gasteiger partial charge in [-0.3, -0.25) is 0 Å². The minimum Gasteiger partial charge on any atom is -0.484 e. The summed E-state index contributed by atoms with van der Waals surface area (Å²) in [6, 6.07) is 6.22. The van der Waals surface area contributed by atoms with Crippen LogP contribution in [0.25, 0.3) is 0 Å². The van der Waals surface area contributed by atoms with Gasteiger partial charge in [0.1, 0.15) is 5.75 Å². The Hall–Kier alpha value is -1.88. The molecule has 2 aromatic rings. The van der Waals surface area contributed by atoms with Gasteiger partial charge in [-0.1, -0.05) is 13.0 Å². The summed E-state index contributed by atoms with van der Waals surface area (Å²) in [7, 11) is 0. The van der Waals surface area contributed by atoms with E-state index in [0.717, 1.165) is 25.0 Å². The highest BCUT2D eigenvalue weighted by Gasteiger charge is 2.19. The fourth-order valence-corrected chi connectivity index (χ4v) is 2.35. The van der Waals surface area contributed by atoms with Gasteiger partial charge in [-0.2, -0.15) is 0 Å². The standard InChI is InChI=1S/C14H17N3O2/c1-2-13-16-17-14(19-13)8-18-10-4-5-11-9(7-10)3-6-12(11)15/h4-5,7,12H,2-3,6,8,15H2,1H3/t12-/m1/s1. The monoisotopic (exact) mass is 259 g/mol. The van der Waals surface area contributed by atoms with E-state index in [1.807, 2.05) is 19.1 Å². The zero-order valence-electron chi connectivity index (χ0n) is 10.9. The van der Waals surface area contributed by atoms with Crippen LogP contribution in [-0.2, 0) is 19.4 Å². The van der Waals surface area contributed by atoms with E-state index in [1.165, 1.54) is 11.1 Å². The number of benzene rings is 1. The van der Waals surface area contributed by atoms with Crippen molar-refractivity contribution in [1.82, 2.24) is 10.2 Å². The van der Waals surface area contributed by atoms with Gasteiger partial charge in [0, 0.05) is 12.5 Å². The van der Waals surface area contributed by atoms with Crippen molar-refractivity contribution >= 4 is 0 Å². The highest BCUT2D eigenvalue weighted by Crippen LogP contribution is 2.31. The SMILES string of the molecule is CCc1nnc(COc2ccc3c(c2)CC[C@H]3N)o1. The molecular weight excluding hydrogens is 242 g/mol. The fraction of sp³-hybridized carbons (Fsp3) is 0.429. The van der Waals surface area contributed by atoms with E-state index in [4.69, 9.17) is 14.9 Å². The smallest absolute Gasteiger partial charge is 0.253 e. The van der Waals surface area contributed by atoms with E-state index in [-0.39, 0.29) is 6.04 Å². The van der Waals surface area contributed by atoms with Crippen molar-refractivity contribution in [2.45, 2.75) is 38.8 Å². The van der Waals surface area contributed by atoms with E-state index in [0.29, 0.717) is 18.4 Å². The first-order valence-corrected chi connectivity index (χ1v) is 6.58. The molecule has 1 aliphatic rings. The fourth-order valence-electron chi connectivity index (χ4n) is 2.35. The van der Waals surface area contributed by atoms with Crippen LogP contribution in [0, 0.1) is 0 Å². The zero-order chi connectivity index (χ0) is 13.2.